The summed E-state index contributed by atoms with van der Waals surface area (Å²) in [4.78, 5) is 23.6. The second-order valence-corrected chi connectivity index (χ2v) is 5.03. The molecule has 92 valence electrons. The van der Waals surface area contributed by atoms with Gasteiger partial charge in [-0.1, -0.05) is 0 Å². The monoisotopic (exact) mass is 228 g/mol. The van der Waals surface area contributed by atoms with Crippen LogP contribution in [-0.4, -0.2) is 42.1 Å². The molecule has 0 spiro atoms. The number of rotatable bonds is 2. The lowest BCUT2D eigenvalue weighted by molar-refractivity contribution is -0.110. The van der Waals surface area contributed by atoms with Crippen LogP contribution in [0.3, 0.4) is 0 Å². The molecule has 0 aromatic carbocycles. The highest BCUT2D eigenvalue weighted by molar-refractivity contribution is 5.68. The average molecular weight is 228 g/mol. The second-order valence-electron chi connectivity index (χ2n) is 5.03. The number of amides is 2. The lowest BCUT2D eigenvalue weighted by Gasteiger charge is -2.33. The maximum atomic E-state index is 11.7. The zero-order valence-corrected chi connectivity index (χ0v) is 10.2. The second kappa shape index (κ2) is 5.18. The van der Waals surface area contributed by atoms with Crippen LogP contribution in [0.1, 0.15) is 33.6 Å². The van der Waals surface area contributed by atoms with Gasteiger partial charge in [-0.25, -0.2) is 4.79 Å². The van der Waals surface area contributed by atoms with E-state index in [2.05, 4.69) is 5.32 Å². The Morgan fingerprint density at radius 3 is 2.38 bits per heavy atom. The van der Waals surface area contributed by atoms with Gasteiger partial charge in [-0.3, -0.25) is 4.79 Å². The Hall–Kier alpha value is -1.26. The van der Waals surface area contributed by atoms with Gasteiger partial charge in [0.05, 0.1) is 0 Å². The van der Waals surface area contributed by atoms with Gasteiger partial charge in [0.25, 0.3) is 0 Å². The SMILES string of the molecule is CC(C)(C)OC(=O)N1CCC(NC=O)CC1. The minimum atomic E-state index is -0.449. The Kier molecular flexibility index (Phi) is 4.15. The van der Waals surface area contributed by atoms with Gasteiger partial charge in [0.2, 0.25) is 6.41 Å². The molecule has 0 radical (unpaired) electrons. The van der Waals surface area contributed by atoms with Crippen LogP contribution in [0.4, 0.5) is 4.79 Å². The molecule has 0 aromatic rings. The number of hydrogen-bond donors (Lipinski definition) is 1. The average Bonchev–Trinajstić information content (AvgIpc) is 2.16. The normalized spacial score (nSPS) is 18.1. The summed E-state index contributed by atoms with van der Waals surface area (Å²) in [5, 5.41) is 2.73. The Morgan fingerprint density at radius 2 is 1.94 bits per heavy atom. The van der Waals surface area contributed by atoms with E-state index in [1.165, 1.54) is 0 Å². The number of hydrogen-bond acceptors (Lipinski definition) is 3. The number of carbonyl (C=O) groups is 2. The van der Waals surface area contributed by atoms with Crippen molar-refractivity contribution in [2.45, 2.75) is 45.3 Å². The molecule has 1 fully saturated rings. The van der Waals surface area contributed by atoms with Crippen LogP contribution in [0, 0.1) is 0 Å². The summed E-state index contributed by atoms with van der Waals surface area (Å²) in [6.45, 7) is 6.84. The molecule has 5 nitrogen and oxygen atoms in total. The fourth-order valence-electron chi connectivity index (χ4n) is 1.65. The van der Waals surface area contributed by atoms with Crippen molar-refractivity contribution >= 4 is 12.5 Å². The Balaban J connectivity index is 2.36. The quantitative estimate of drug-likeness (QED) is 0.721. The summed E-state index contributed by atoms with van der Waals surface area (Å²) in [7, 11) is 0. The predicted octanol–water partition coefficient (Wildman–Crippen LogP) is 1.13. The first-order chi connectivity index (χ1) is 7.42. The Bertz CT molecular complexity index is 252. The highest BCUT2D eigenvalue weighted by Crippen LogP contribution is 2.15. The summed E-state index contributed by atoms with van der Waals surface area (Å²) >= 11 is 0. The van der Waals surface area contributed by atoms with E-state index in [1.54, 1.807) is 4.90 Å². The number of likely N-dealkylation sites (tertiary alicyclic amines) is 1. The number of nitrogens with zero attached hydrogens (tertiary/aromatic N) is 1. The maximum absolute atomic E-state index is 11.7. The van der Waals surface area contributed by atoms with Gasteiger partial charge >= 0.3 is 6.09 Å². The topological polar surface area (TPSA) is 58.6 Å². The van der Waals surface area contributed by atoms with Crippen molar-refractivity contribution in [2.75, 3.05) is 13.1 Å². The lowest BCUT2D eigenvalue weighted by Crippen LogP contribution is -2.46. The first-order valence-electron chi connectivity index (χ1n) is 5.60. The third-order valence-electron chi connectivity index (χ3n) is 2.45. The molecule has 5 heteroatoms. The number of ether oxygens (including phenoxy) is 1. The number of carbonyl (C=O) groups excluding carboxylic acids is 2. The van der Waals surface area contributed by atoms with Gasteiger partial charge in [0, 0.05) is 19.1 Å². The van der Waals surface area contributed by atoms with Gasteiger partial charge in [0.1, 0.15) is 5.60 Å². The van der Waals surface area contributed by atoms with E-state index in [1.807, 2.05) is 20.8 Å². The minimum Gasteiger partial charge on any atom is -0.444 e. The third-order valence-corrected chi connectivity index (χ3v) is 2.45. The molecule has 1 rings (SSSR count). The smallest absolute Gasteiger partial charge is 0.410 e. The highest BCUT2D eigenvalue weighted by Gasteiger charge is 2.26. The standard InChI is InChI=1S/C11H20N2O3/c1-11(2,3)16-10(15)13-6-4-9(5-7-13)12-8-14/h8-9H,4-7H2,1-3H3,(H,12,14). The van der Waals surface area contributed by atoms with Crippen molar-refractivity contribution in [3.63, 3.8) is 0 Å². The van der Waals surface area contributed by atoms with E-state index in [-0.39, 0.29) is 12.1 Å². The molecule has 0 aromatic heterocycles. The van der Waals surface area contributed by atoms with Gasteiger partial charge in [0.15, 0.2) is 0 Å². The summed E-state index contributed by atoms with van der Waals surface area (Å²) in [5.41, 5.74) is -0.449. The first-order valence-corrected chi connectivity index (χ1v) is 5.60. The highest BCUT2D eigenvalue weighted by atomic mass is 16.6. The van der Waals surface area contributed by atoms with Gasteiger partial charge in [-0.05, 0) is 33.6 Å². The number of piperidine rings is 1. The van der Waals surface area contributed by atoms with Crippen molar-refractivity contribution in [1.29, 1.82) is 0 Å². The molecule has 1 saturated heterocycles. The minimum absolute atomic E-state index is 0.191. The maximum Gasteiger partial charge on any atom is 0.410 e. The van der Waals surface area contributed by atoms with Crippen LogP contribution >= 0.6 is 0 Å². The van der Waals surface area contributed by atoms with E-state index in [0.29, 0.717) is 19.5 Å². The lowest BCUT2D eigenvalue weighted by atomic mass is 10.1. The summed E-state index contributed by atoms with van der Waals surface area (Å²) in [6.07, 6.45) is 2.03. The van der Waals surface area contributed by atoms with E-state index in [9.17, 15) is 9.59 Å². The summed E-state index contributed by atoms with van der Waals surface area (Å²) < 4.78 is 5.27. The van der Waals surface area contributed by atoms with Crippen molar-refractivity contribution in [3.8, 4) is 0 Å². The molecular weight excluding hydrogens is 208 g/mol. The van der Waals surface area contributed by atoms with E-state index >= 15 is 0 Å². The molecule has 16 heavy (non-hydrogen) atoms. The molecule has 1 heterocycles. The van der Waals surface area contributed by atoms with Crippen molar-refractivity contribution in [1.82, 2.24) is 10.2 Å². The third kappa shape index (κ3) is 4.08. The fraction of sp³-hybridized carbons (Fsp3) is 0.818. The van der Waals surface area contributed by atoms with E-state index < -0.39 is 5.60 Å². The molecule has 0 bridgehead atoms. The molecule has 0 atom stereocenters. The van der Waals surface area contributed by atoms with Gasteiger partial charge < -0.3 is 15.0 Å². The molecule has 0 aliphatic carbocycles. The Morgan fingerprint density at radius 1 is 1.38 bits per heavy atom. The molecule has 0 saturated carbocycles. The largest absolute Gasteiger partial charge is 0.444 e. The fourth-order valence-corrected chi connectivity index (χ4v) is 1.65. The summed E-state index contributed by atoms with van der Waals surface area (Å²) in [6, 6.07) is 0.191. The van der Waals surface area contributed by atoms with E-state index in [0.717, 1.165) is 12.8 Å². The van der Waals surface area contributed by atoms with Crippen molar-refractivity contribution < 1.29 is 14.3 Å². The van der Waals surface area contributed by atoms with Crippen LogP contribution in [-0.2, 0) is 9.53 Å². The van der Waals surface area contributed by atoms with Crippen LogP contribution in [0.2, 0.25) is 0 Å². The first kappa shape index (κ1) is 12.8. The molecule has 0 unspecified atom stereocenters. The molecular formula is C11H20N2O3. The summed E-state index contributed by atoms with van der Waals surface area (Å²) in [5.74, 6) is 0. The van der Waals surface area contributed by atoms with Crippen LogP contribution in [0.25, 0.3) is 0 Å². The van der Waals surface area contributed by atoms with Crippen LogP contribution in [0.5, 0.6) is 0 Å². The molecule has 1 aliphatic rings. The van der Waals surface area contributed by atoms with E-state index in [4.69, 9.17) is 4.74 Å². The zero-order valence-electron chi connectivity index (χ0n) is 10.2. The van der Waals surface area contributed by atoms with Crippen LogP contribution in [0.15, 0.2) is 0 Å². The van der Waals surface area contributed by atoms with Crippen LogP contribution < -0.4 is 5.32 Å². The number of nitrogens with one attached hydrogen (secondary N) is 1. The Labute approximate surface area is 96.1 Å². The molecule has 1 N–H and O–H groups in total. The predicted molar refractivity (Wildman–Crippen MR) is 60.0 cm³/mol. The van der Waals surface area contributed by atoms with Crippen molar-refractivity contribution in [3.05, 3.63) is 0 Å². The van der Waals surface area contributed by atoms with Crippen molar-refractivity contribution in [2.24, 2.45) is 0 Å². The molecule has 1 aliphatic heterocycles. The van der Waals surface area contributed by atoms with Gasteiger partial charge in [-0.15, -0.1) is 0 Å². The zero-order chi connectivity index (χ0) is 12.2. The molecule has 2 amide bonds. The van der Waals surface area contributed by atoms with Gasteiger partial charge in [-0.2, -0.15) is 0 Å².